The van der Waals surface area contributed by atoms with Crippen LogP contribution in [0.5, 0.6) is 11.5 Å². The molecule has 236 valence electrons. The van der Waals surface area contributed by atoms with Crippen LogP contribution in [0.3, 0.4) is 0 Å². The zero-order chi connectivity index (χ0) is 32.4. The summed E-state index contributed by atoms with van der Waals surface area (Å²) in [6.07, 6.45) is -3.59. The van der Waals surface area contributed by atoms with Crippen molar-refractivity contribution in [3.63, 3.8) is 0 Å². The molecule has 0 bridgehead atoms. The van der Waals surface area contributed by atoms with E-state index in [9.17, 15) is 37.8 Å². The van der Waals surface area contributed by atoms with Crippen molar-refractivity contribution in [3.05, 3.63) is 87.8 Å². The van der Waals surface area contributed by atoms with Crippen LogP contribution in [0.15, 0.2) is 59.5 Å². The number of carbonyl (C=O) groups is 2. The smallest absolute Gasteiger partial charge is 0.497 e. The van der Waals surface area contributed by atoms with Crippen molar-refractivity contribution in [2.75, 3.05) is 31.8 Å². The number of carbonyl (C=O) groups excluding carboxylic acids is 2. The number of aliphatic hydroxyl groups is 2. The Labute approximate surface area is 247 Å². The molecule has 1 aliphatic heterocycles. The average Bonchev–Trinajstić information content (AvgIpc) is 3.27. The zero-order valence-corrected chi connectivity index (χ0v) is 23.4. The van der Waals surface area contributed by atoms with Crippen LogP contribution >= 0.6 is 0 Å². The molecular formula is C29H28F5N3O7. The number of methoxy groups -OCH3 is 1. The minimum Gasteiger partial charge on any atom is -0.497 e. The van der Waals surface area contributed by atoms with Gasteiger partial charge in [-0.2, -0.15) is 0 Å². The second-order valence-corrected chi connectivity index (χ2v) is 10.5. The number of alkyl halides is 3. The standard InChI is InChI=1S/C29H28F5N3O7/c1-28(14-38,15-39)13-36-9-3-4-22(26(36)41)37-12-19(23-20(30)10-18(43-2)11-21(23)31)24(27(37)42)35-25(40)16-5-7-17(8-6-16)44-29(32,33)34/h3-11,19,24,38-39H,12-15H2,1-2H3,(H,35,40)/t19-,24-/m0/s1. The molecule has 15 heteroatoms. The molecule has 0 spiro atoms. The van der Waals surface area contributed by atoms with Gasteiger partial charge in [-0.3, -0.25) is 14.4 Å². The monoisotopic (exact) mass is 625 g/mol. The van der Waals surface area contributed by atoms with Crippen molar-refractivity contribution in [1.29, 1.82) is 0 Å². The maximum Gasteiger partial charge on any atom is 0.573 e. The molecule has 3 aromatic rings. The second-order valence-electron chi connectivity index (χ2n) is 10.5. The molecule has 44 heavy (non-hydrogen) atoms. The summed E-state index contributed by atoms with van der Waals surface area (Å²) in [6, 6.07) is 6.67. The van der Waals surface area contributed by atoms with Gasteiger partial charge in [-0.25, -0.2) is 8.78 Å². The van der Waals surface area contributed by atoms with Gasteiger partial charge in [0.05, 0.1) is 20.3 Å². The quantitative estimate of drug-likeness (QED) is 0.296. The van der Waals surface area contributed by atoms with E-state index in [1.54, 1.807) is 0 Å². The second kappa shape index (κ2) is 12.6. The molecule has 4 rings (SSSR count). The van der Waals surface area contributed by atoms with Crippen molar-refractivity contribution >= 4 is 17.5 Å². The van der Waals surface area contributed by atoms with Gasteiger partial charge in [0.1, 0.15) is 34.9 Å². The van der Waals surface area contributed by atoms with E-state index in [4.69, 9.17) is 4.74 Å². The predicted octanol–water partition coefficient (Wildman–Crippen LogP) is 2.95. The van der Waals surface area contributed by atoms with Gasteiger partial charge < -0.3 is 34.5 Å². The lowest BCUT2D eigenvalue weighted by Gasteiger charge is -2.26. The molecule has 2 atom stereocenters. The van der Waals surface area contributed by atoms with Crippen LogP contribution in [0, 0.1) is 17.0 Å². The fourth-order valence-electron chi connectivity index (χ4n) is 4.85. The minimum atomic E-state index is -4.96. The first-order valence-corrected chi connectivity index (χ1v) is 13.1. The zero-order valence-electron chi connectivity index (χ0n) is 23.4. The number of nitrogens with zero attached hydrogens (tertiary/aromatic N) is 2. The number of hydrogen-bond acceptors (Lipinski definition) is 7. The summed E-state index contributed by atoms with van der Waals surface area (Å²) in [5.41, 5.74) is -2.75. The number of halogens is 5. The first kappa shape index (κ1) is 32.4. The first-order valence-electron chi connectivity index (χ1n) is 13.1. The highest BCUT2D eigenvalue weighted by atomic mass is 19.4. The van der Waals surface area contributed by atoms with E-state index in [2.05, 4.69) is 10.1 Å². The normalized spacial score (nSPS) is 17.1. The fraction of sp³-hybridized carbons (Fsp3) is 0.345. The molecule has 0 unspecified atom stereocenters. The molecule has 1 aromatic heterocycles. The number of ether oxygens (including phenoxy) is 2. The van der Waals surface area contributed by atoms with E-state index < -0.39 is 83.8 Å². The summed E-state index contributed by atoms with van der Waals surface area (Å²) in [6.45, 7) is 0.0370. The van der Waals surface area contributed by atoms with E-state index >= 15 is 8.78 Å². The highest BCUT2D eigenvalue weighted by molar-refractivity contribution is 6.05. The highest BCUT2D eigenvalue weighted by Crippen LogP contribution is 2.36. The van der Waals surface area contributed by atoms with Crippen molar-refractivity contribution in [2.24, 2.45) is 5.41 Å². The number of amides is 2. The van der Waals surface area contributed by atoms with Crippen molar-refractivity contribution < 1.29 is 51.2 Å². The molecule has 1 aliphatic rings. The Morgan fingerprint density at radius 3 is 2.18 bits per heavy atom. The summed E-state index contributed by atoms with van der Waals surface area (Å²) in [5.74, 6) is -6.11. The molecule has 0 aliphatic carbocycles. The number of pyridine rings is 1. The van der Waals surface area contributed by atoms with Crippen LogP contribution in [-0.2, 0) is 11.3 Å². The van der Waals surface area contributed by atoms with E-state index in [0.29, 0.717) is 0 Å². The van der Waals surface area contributed by atoms with Gasteiger partial charge in [-0.15, -0.1) is 13.2 Å². The summed E-state index contributed by atoms with van der Waals surface area (Å²) in [4.78, 5) is 41.2. The SMILES string of the molecule is COc1cc(F)c([C@@H]2CN(c3cccn(CC(C)(CO)CO)c3=O)C(=O)[C@H]2NC(=O)c2ccc(OC(F)(F)F)cc2)c(F)c1. The Morgan fingerprint density at radius 2 is 1.64 bits per heavy atom. The molecule has 3 N–H and O–H groups in total. The number of aromatic nitrogens is 1. The molecule has 0 saturated carbocycles. The Morgan fingerprint density at radius 1 is 1.02 bits per heavy atom. The van der Waals surface area contributed by atoms with Gasteiger partial charge in [0.25, 0.3) is 11.5 Å². The predicted molar refractivity (Wildman–Crippen MR) is 145 cm³/mol. The third-order valence-corrected chi connectivity index (χ3v) is 7.22. The van der Waals surface area contributed by atoms with Crippen LogP contribution in [0.4, 0.5) is 27.6 Å². The number of rotatable bonds is 10. The summed E-state index contributed by atoms with van der Waals surface area (Å²) < 4.78 is 77.9. The maximum absolute atomic E-state index is 15.2. The molecule has 2 amide bonds. The summed E-state index contributed by atoms with van der Waals surface area (Å²) >= 11 is 0. The maximum atomic E-state index is 15.2. The highest BCUT2D eigenvalue weighted by Gasteiger charge is 2.46. The third kappa shape index (κ3) is 6.83. The molecule has 10 nitrogen and oxygen atoms in total. The topological polar surface area (TPSA) is 130 Å². The third-order valence-electron chi connectivity index (χ3n) is 7.22. The van der Waals surface area contributed by atoms with Gasteiger partial charge >= 0.3 is 6.36 Å². The van der Waals surface area contributed by atoms with Gasteiger partial charge in [0.2, 0.25) is 5.91 Å². The number of benzene rings is 2. The van der Waals surface area contributed by atoms with Gasteiger partial charge in [0, 0.05) is 53.9 Å². The Bertz CT molecular complexity index is 1570. The Hall–Kier alpha value is -4.50. The van der Waals surface area contributed by atoms with Gasteiger partial charge in [-0.05, 0) is 36.4 Å². The molecule has 1 saturated heterocycles. The minimum absolute atomic E-state index is 0.131. The van der Waals surface area contributed by atoms with Gasteiger partial charge in [0.15, 0.2) is 0 Å². The van der Waals surface area contributed by atoms with Gasteiger partial charge in [-0.1, -0.05) is 6.92 Å². The summed E-state index contributed by atoms with van der Waals surface area (Å²) in [7, 11) is 1.20. The number of hydrogen-bond donors (Lipinski definition) is 3. The average molecular weight is 626 g/mol. The molecule has 2 heterocycles. The Balaban J connectivity index is 1.72. The summed E-state index contributed by atoms with van der Waals surface area (Å²) in [5, 5.41) is 21.7. The van der Waals surface area contributed by atoms with Crippen molar-refractivity contribution in [2.45, 2.75) is 31.8 Å². The lowest BCUT2D eigenvalue weighted by Crippen LogP contribution is -2.45. The number of nitrogens with one attached hydrogen (secondary N) is 1. The molecule has 0 radical (unpaired) electrons. The van der Waals surface area contributed by atoms with E-state index in [1.807, 2.05) is 0 Å². The lowest BCUT2D eigenvalue weighted by molar-refractivity contribution is -0.274. The molecule has 1 fully saturated rings. The molecule has 2 aromatic carbocycles. The van der Waals surface area contributed by atoms with Crippen molar-refractivity contribution in [1.82, 2.24) is 9.88 Å². The fourth-order valence-corrected chi connectivity index (χ4v) is 4.85. The lowest BCUT2D eigenvalue weighted by atomic mass is 9.92. The van der Waals surface area contributed by atoms with E-state index in [0.717, 1.165) is 45.9 Å². The largest absolute Gasteiger partial charge is 0.573 e. The Kier molecular flexibility index (Phi) is 9.30. The number of anilines is 1. The van der Waals surface area contributed by atoms with Crippen LogP contribution < -0.4 is 25.2 Å². The van der Waals surface area contributed by atoms with Crippen molar-refractivity contribution in [3.8, 4) is 11.5 Å². The first-order chi connectivity index (χ1) is 20.7. The van der Waals surface area contributed by atoms with E-state index in [1.165, 1.54) is 32.4 Å². The number of aliphatic hydroxyl groups excluding tert-OH is 2. The van der Waals surface area contributed by atoms with Crippen LogP contribution in [0.2, 0.25) is 0 Å². The van der Waals surface area contributed by atoms with E-state index in [-0.39, 0.29) is 23.5 Å². The van der Waals surface area contributed by atoms with Crippen LogP contribution in [-0.4, -0.2) is 65.9 Å². The molecular weight excluding hydrogens is 597 g/mol. The van der Waals surface area contributed by atoms with Crippen LogP contribution in [0.1, 0.15) is 28.8 Å². The van der Waals surface area contributed by atoms with Crippen LogP contribution in [0.25, 0.3) is 0 Å².